The highest BCUT2D eigenvalue weighted by atomic mass is 15.1. The summed E-state index contributed by atoms with van der Waals surface area (Å²) in [7, 11) is 2.12. The Bertz CT molecular complexity index is 283. The van der Waals surface area contributed by atoms with Gasteiger partial charge in [-0.05, 0) is 44.5 Å². The van der Waals surface area contributed by atoms with Gasteiger partial charge in [0, 0.05) is 18.8 Å². The SMILES string of the molecule is Cc1cccc(N(C)C(C)CCN)c1. The lowest BCUT2D eigenvalue weighted by molar-refractivity contribution is 0.635. The fourth-order valence-corrected chi connectivity index (χ4v) is 1.54. The van der Waals surface area contributed by atoms with E-state index in [0.29, 0.717) is 6.04 Å². The zero-order chi connectivity index (χ0) is 10.6. The van der Waals surface area contributed by atoms with Crippen LogP contribution in [0.4, 0.5) is 5.69 Å². The van der Waals surface area contributed by atoms with Crippen LogP contribution in [0.15, 0.2) is 24.3 Å². The highest BCUT2D eigenvalue weighted by molar-refractivity contribution is 5.48. The van der Waals surface area contributed by atoms with Gasteiger partial charge in [-0.3, -0.25) is 0 Å². The molecule has 1 aromatic carbocycles. The van der Waals surface area contributed by atoms with Gasteiger partial charge in [0.2, 0.25) is 0 Å². The molecule has 1 aromatic rings. The van der Waals surface area contributed by atoms with Gasteiger partial charge in [0.1, 0.15) is 0 Å². The summed E-state index contributed by atoms with van der Waals surface area (Å²) in [5.74, 6) is 0. The molecule has 2 heteroatoms. The van der Waals surface area contributed by atoms with Crippen LogP contribution in [0.25, 0.3) is 0 Å². The lowest BCUT2D eigenvalue weighted by atomic mass is 10.1. The van der Waals surface area contributed by atoms with Crippen molar-refractivity contribution in [3.8, 4) is 0 Å². The minimum Gasteiger partial charge on any atom is -0.372 e. The van der Waals surface area contributed by atoms with Crippen LogP contribution in [0.3, 0.4) is 0 Å². The lowest BCUT2D eigenvalue weighted by Gasteiger charge is -2.26. The molecule has 2 N–H and O–H groups in total. The van der Waals surface area contributed by atoms with Gasteiger partial charge in [-0.1, -0.05) is 12.1 Å². The molecule has 0 bridgehead atoms. The molecule has 0 aliphatic carbocycles. The lowest BCUT2D eigenvalue weighted by Crippen LogP contribution is -2.30. The minimum atomic E-state index is 0.502. The second kappa shape index (κ2) is 5.01. The fourth-order valence-electron chi connectivity index (χ4n) is 1.54. The first-order valence-electron chi connectivity index (χ1n) is 5.14. The van der Waals surface area contributed by atoms with Crippen molar-refractivity contribution in [3.63, 3.8) is 0 Å². The van der Waals surface area contributed by atoms with E-state index < -0.39 is 0 Å². The van der Waals surface area contributed by atoms with Crippen LogP contribution in [0, 0.1) is 6.92 Å². The molecular formula is C12H20N2. The summed E-state index contributed by atoms with van der Waals surface area (Å²) in [5, 5.41) is 0. The number of rotatable bonds is 4. The summed E-state index contributed by atoms with van der Waals surface area (Å²) in [5.41, 5.74) is 8.12. The number of nitrogens with two attached hydrogens (primary N) is 1. The van der Waals surface area contributed by atoms with Crippen LogP contribution >= 0.6 is 0 Å². The highest BCUT2D eigenvalue weighted by Gasteiger charge is 2.08. The maximum Gasteiger partial charge on any atom is 0.0368 e. The number of aryl methyl sites for hydroxylation is 1. The molecule has 1 atom stereocenters. The van der Waals surface area contributed by atoms with E-state index in [9.17, 15) is 0 Å². The maximum absolute atomic E-state index is 5.55. The average Bonchev–Trinajstić information content (AvgIpc) is 2.17. The molecule has 2 nitrogen and oxygen atoms in total. The van der Waals surface area contributed by atoms with Crippen molar-refractivity contribution in [2.45, 2.75) is 26.3 Å². The molecule has 78 valence electrons. The molecule has 0 saturated heterocycles. The van der Waals surface area contributed by atoms with Crippen molar-refractivity contribution in [2.75, 3.05) is 18.5 Å². The van der Waals surface area contributed by atoms with Crippen LogP contribution in [0.1, 0.15) is 18.9 Å². The monoisotopic (exact) mass is 192 g/mol. The molecule has 0 aliphatic heterocycles. The Hall–Kier alpha value is -1.02. The van der Waals surface area contributed by atoms with E-state index in [-0.39, 0.29) is 0 Å². The van der Waals surface area contributed by atoms with E-state index in [1.165, 1.54) is 11.3 Å². The molecule has 0 saturated carbocycles. The van der Waals surface area contributed by atoms with Crippen molar-refractivity contribution in [1.82, 2.24) is 0 Å². The third kappa shape index (κ3) is 2.74. The molecule has 1 rings (SSSR count). The number of hydrogen-bond acceptors (Lipinski definition) is 2. The van der Waals surface area contributed by atoms with Gasteiger partial charge >= 0.3 is 0 Å². The van der Waals surface area contributed by atoms with E-state index in [2.05, 4.69) is 50.1 Å². The third-order valence-electron chi connectivity index (χ3n) is 2.65. The second-order valence-corrected chi connectivity index (χ2v) is 3.88. The van der Waals surface area contributed by atoms with Crippen molar-refractivity contribution in [3.05, 3.63) is 29.8 Å². The summed E-state index contributed by atoms with van der Waals surface area (Å²) < 4.78 is 0. The van der Waals surface area contributed by atoms with E-state index in [4.69, 9.17) is 5.73 Å². The van der Waals surface area contributed by atoms with Crippen LogP contribution in [0.5, 0.6) is 0 Å². The maximum atomic E-state index is 5.55. The van der Waals surface area contributed by atoms with Crippen LogP contribution in [0.2, 0.25) is 0 Å². The van der Waals surface area contributed by atoms with E-state index in [0.717, 1.165) is 13.0 Å². The topological polar surface area (TPSA) is 29.3 Å². The van der Waals surface area contributed by atoms with Crippen molar-refractivity contribution < 1.29 is 0 Å². The Kier molecular flexibility index (Phi) is 3.96. The molecule has 0 heterocycles. The molecular weight excluding hydrogens is 172 g/mol. The molecule has 0 spiro atoms. The van der Waals surface area contributed by atoms with Gasteiger partial charge in [0.15, 0.2) is 0 Å². The van der Waals surface area contributed by atoms with Crippen molar-refractivity contribution in [2.24, 2.45) is 5.73 Å². The van der Waals surface area contributed by atoms with E-state index >= 15 is 0 Å². The summed E-state index contributed by atoms with van der Waals surface area (Å²) >= 11 is 0. The second-order valence-electron chi connectivity index (χ2n) is 3.88. The standard InChI is InChI=1S/C12H20N2/c1-10-5-4-6-12(9-10)14(3)11(2)7-8-13/h4-6,9,11H,7-8,13H2,1-3H3. The number of hydrogen-bond donors (Lipinski definition) is 1. The first-order chi connectivity index (χ1) is 6.65. The predicted octanol–water partition coefficient (Wildman–Crippen LogP) is 2.17. The first-order valence-corrected chi connectivity index (χ1v) is 5.14. The summed E-state index contributed by atoms with van der Waals surface area (Å²) in [4.78, 5) is 2.28. The smallest absolute Gasteiger partial charge is 0.0368 e. The first kappa shape index (κ1) is 11.1. The normalized spacial score (nSPS) is 12.6. The minimum absolute atomic E-state index is 0.502. The molecule has 1 unspecified atom stereocenters. The number of benzene rings is 1. The molecule has 0 aromatic heterocycles. The van der Waals surface area contributed by atoms with Crippen LogP contribution in [-0.4, -0.2) is 19.6 Å². The van der Waals surface area contributed by atoms with Gasteiger partial charge in [0.05, 0.1) is 0 Å². The number of anilines is 1. The Morgan fingerprint density at radius 2 is 2.14 bits per heavy atom. The third-order valence-corrected chi connectivity index (χ3v) is 2.65. The van der Waals surface area contributed by atoms with Crippen LogP contribution < -0.4 is 10.6 Å². The molecule has 0 radical (unpaired) electrons. The Morgan fingerprint density at radius 3 is 2.71 bits per heavy atom. The molecule has 0 aliphatic rings. The van der Waals surface area contributed by atoms with Gasteiger partial charge in [0.25, 0.3) is 0 Å². The molecule has 0 amide bonds. The van der Waals surface area contributed by atoms with Crippen molar-refractivity contribution >= 4 is 5.69 Å². The zero-order valence-electron chi connectivity index (χ0n) is 9.33. The van der Waals surface area contributed by atoms with Gasteiger partial charge in [-0.2, -0.15) is 0 Å². The summed E-state index contributed by atoms with van der Waals surface area (Å²) in [6, 6.07) is 9.05. The fraction of sp³-hybridized carbons (Fsp3) is 0.500. The molecule has 14 heavy (non-hydrogen) atoms. The Morgan fingerprint density at radius 1 is 1.43 bits per heavy atom. The van der Waals surface area contributed by atoms with Crippen molar-refractivity contribution in [1.29, 1.82) is 0 Å². The Labute approximate surface area is 86.7 Å². The predicted molar refractivity (Wildman–Crippen MR) is 62.7 cm³/mol. The van der Waals surface area contributed by atoms with Gasteiger partial charge < -0.3 is 10.6 Å². The Balaban J connectivity index is 2.73. The summed E-state index contributed by atoms with van der Waals surface area (Å²) in [6.07, 6.45) is 1.03. The summed E-state index contributed by atoms with van der Waals surface area (Å²) in [6.45, 7) is 5.07. The molecule has 0 fully saturated rings. The largest absolute Gasteiger partial charge is 0.372 e. The average molecular weight is 192 g/mol. The van der Waals surface area contributed by atoms with Gasteiger partial charge in [-0.25, -0.2) is 0 Å². The number of nitrogens with zero attached hydrogens (tertiary/aromatic N) is 1. The van der Waals surface area contributed by atoms with Gasteiger partial charge in [-0.15, -0.1) is 0 Å². The van der Waals surface area contributed by atoms with E-state index in [1.807, 2.05) is 0 Å². The highest BCUT2D eigenvalue weighted by Crippen LogP contribution is 2.17. The van der Waals surface area contributed by atoms with E-state index in [1.54, 1.807) is 0 Å². The quantitative estimate of drug-likeness (QED) is 0.792. The van der Waals surface area contributed by atoms with Crippen LogP contribution in [-0.2, 0) is 0 Å². The zero-order valence-corrected chi connectivity index (χ0v) is 9.33.